The topological polar surface area (TPSA) is 50.2 Å². The van der Waals surface area contributed by atoms with Gasteiger partial charge in [-0.15, -0.1) is 12.4 Å². The Morgan fingerprint density at radius 1 is 1.26 bits per heavy atom. The Balaban J connectivity index is 0.00000210. The first-order valence-electron chi connectivity index (χ1n) is 9.11. The maximum Gasteiger partial charge on any atom is 0.274 e. The van der Waals surface area contributed by atoms with Gasteiger partial charge in [0.05, 0.1) is 10.7 Å². The minimum atomic E-state index is 0. The van der Waals surface area contributed by atoms with E-state index in [1.165, 1.54) is 0 Å². The molecule has 2 aromatic rings. The minimum Gasteiger partial charge on any atom is -0.336 e. The molecule has 1 saturated heterocycles. The highest BCUT2D eigenvalue weighted by molar-refractivity contribution is 6.35. The van der Waals surface area contributed by atoms with E-state index in [1.807, 2.05) is 22.7 Å². The van der Waals surface area contributed by atoms with E-state index in [0.717, 1.165) is 62.1 Å². The molecule has 0 bridgehead atoms. The third kappa shape index (κ3) is 3.83. The highest BCUT2D eigenvalue weighted by Gasteiger charge is 2.31. The number of likely N-dealkylation sites (N-methyl/N-ethyl adjacent to an activating group) is 1. The average molecular weight is 430 g/mol. The van der Waals surface area contributed by atoms with Crippen LogP contribution in [0.25, 0.3) is 5.69 Å². The van der Waals surface area contributed by atoms with Crippen LogP contribution in [0.3, 0.4) is 0 Å². The number of fused-ring (bicyclic) bond motifs is 1. The summed E-state index contributed by atoms with van der Waals surface area (Å²) in [5.41, 5.74) is 3.53. The Morgan fingerprint density at radius 3 is 2.81 bits per heavy atom. The number of carbonyl (C=O) groups excluding carboxylic acids is 1. The third-order valence-electron chi connectivity index (χ3n) is 5.39. The van der Waals surface area contributed by atoms with Crippen molar-refractivity contribution in [1.82, 2.24) is 20.0 Å². The SMILES string of the molecule is CNC1CCCN(C(=O)c2nn(-c3ccc(Cl)cc3Cl)c3c2CCC3)C1.Cl. The fourth-order valence-electron chi connectivity index (χ4n) is 4.01. The maximum absolute atomic E-state index is 13.2. The van der Waals surface area contributed by atoms with Crippen LogP contribution in [0, 0.1) is 0 Å². The highest BCUT2D eigenvalue weighted by atomic mass is 35.5. The van der Waals surface area contributed by atoms with Gasteiger partial charge in [0.2, 0.25) is 0 Å². The number of amides is 1. The lowest BCUT2D eigenvalue weighted by Crippen LogP contribution is -2.47. The number of carbonyl (C=O) groups is 1. The van der Waals surface area contributed by atoms with Crippen LogP contribution in [-0.2, 0) is 12.8 Å². The van der Waals surface area contributed by atoms with Crippen LogP contribution in [-0.4, -0.2) is 46.8 Å². The lowest BCUT2D eigenvalue weighted by atomic mass is 10.0. The summed E-state index contributed by atoms with van der Waals surface area (Å²) in [6.45, 7) is 1.53. The predicted molar refractivity (Wildman–Crippen MR) is 111 cm³/mol. The number of halogens is 3. The molecule has 0 saturated carbocycles. The molecule has 27 heavy (non-hydrogen) atoms. The number of piperidine rings is 1. The Kier molecular flexibility index (Phi) is 6.36. The first kappa shape index (κ1) is 20.5. The zero-order chi connectivity index (χ0) is 18.3. The van der Waals surface area contributed by atoms with Crippen LogP contribution in [0.4, 0.5) is 0 Å². The summed E-state index contributed by atoms with van der Waals surface area (Å²) >= 11 is 12.4. The van der Waals surface area contributed by atoms with Crippen molar-refractivity contribution in [1.29, 1.82) is 0 Å². The van der Waals surface area contributed by atoms with Gasteiger partial charge in [0.25, 0.3) is 5.91 Å². The van der Waals surface area contributed by atoms with Crippen molar-refractivity contribution in [2.45, 2.75) is 38.1 Å². The Labute approximate surface area is 175 Å². The highest BCUT2D eigenvalue weighted by Crippen LogP contribution is 2.32. The molecule has 1 aliphatic heterocycles. The molecule has 0 radical (unpaired) electrons. The number of hydrogen-bond acceptors (Lipinski definition) is 3. The number of nitrogens with one attached hydrogen (secondary N) is 1. The second-order valence-corrected chi connectivity index (χ2v) is 7.86. The smallest absolute Gasteiger partial charge is 0.274 e. The van der Waals surface area contributed by atoms with Gasteiger partial charge < -0.3 is 10.2 Å². The Bertz CT molecular complexity index is 852. The molecule has 1 aromatic heterocycles. The number of rotatable bonds is 3. The molecule has 0 spiro atoms. The van der Waals surface area contributed by atoms with Crippen LogP contribution in [0.2, 0.25) is 10.0 Å². The van der Waals surface area contributed by atoms with Gasteiger partial charge in [0.15, 0.2) is 5.69 Å². The van der Waals surface area contributed by atoms with Gasteiger partial charge >= 0.3 is 0 Å². The van der Waals surface area contributed by atoms with Crippen molar-refractivity contribution in [2.75, 3.05) is 20.1 Å². The number of aromatic nitrogens is 2. The summed E-state index contributed by atoms with van der Waals surface area (Å²) in [6, 6.07) is 5.73. The summed E-state index contributed by atoms with van der Waals surface area (Å²) in [5, 5.41) is 9.11. The minimum absolute atomic E-state index is 0. The molecule has 8 heteroatoms. The molecule has 1 amide bonds. The van der Waals surface area contributed by atoms with Gasteiger partial charge in [-0.25, -0.2) is 4.68 Å². The van der Waals surface area contributed by atoms with E-state index in [4.69, 9.17) is 28.3 Å². The monoisotopic (exact) mass is 428 g/mol. The number of likely N-dealkylation sites (tertiary alicyclic amines) is 1. The van der Waals surface area contributed by atoms with Crippen LogP contribution in [0.15, 0.2) is 18.2 Å². The quantitative estimate of drug-likeness (QED) is 0.804. The van der Waals surface area contributed by atoms with E-state index < -0.39 is 0 Å². The summed E-state index contributed by atoms with van der Waals surface area (Å²) in [5.74, 6) is 0.0342. The van der Waals surface area contributed by atoms with E-state index >= 15 is 0 Å². The molecule has 146 valence electrons. The summed E-state index contributed by atoms with van der Waals surface area (Å²) in [6.07, 6.45) is 4.97. The zero-order valence-corrected chi connectivity index (χ0v) is 17.5. The van der Waals surface area contributed by atoms with Crippen molar-refractivity contribution < 1.29 is 4.79 Å². The number of hydrogen-bond donors (Lipinski definition) is 1. The van der Waals surface area contributed by atoms with Gasteiger partial charge in [0.1, 0.15) is 0 Å². The van der Waals surface area contributed by atoms with Crippen molar-refractivity contribution in [3.63, 3.8) is 0 Å². The second-order valence-electron chi connectivity index (χ2n) is 7.01. The van der Waals surface area contributed by atoms with Crippen molar-refractivity contribution in [3.8, 4) is 5.69 Å². The molecule has 1 aliphatic carbocycles. The van der Waals surface area contributed by atoms with Crippen molar-refractivity contribution in [3.05, 3.63) is 45.2 Å². The molecule has 1 N–H and O–H groups in total. The summed E-state index contributed by atoms with van der Waals surface area (Å²) in [4.78, 5) is 15.1. The lowest BCUT2D eigenvalue weighted by molar-refractivity contribution is 0.0690. The largest absolute Gasteiger partial charge is 0.336 e. The van der Waals surface area contributed by atoms with Crippen LogP contribution in [0.1, 0.15) is 41.0 Å². The van der Waals surface area contributed by atoms with Gasteiger partial charge in [-0.3, -0.25) is 4.79 Å². The molecule has 1 aromatic carbocycles. The van der Waals surface area contributed by atoms with E-state index in [2.05, 4.69) is 5.32 Å². The van der Waals surface area contributed by atoms with E-state index in [9.17, 15) is 4.79 Å². The third-order valence-corrected chi connectivity index (χ3v) is 5.93. The first-order valence-corrected chi connectivity index (χ1v) is 9.87. The van der Waals surface area contributed by atoms with Gasteiger partial charge in [-0.1, -0.05) is 23.2 Å². The molecule has 4 rings (SSSR count). The number of benzene rings is 1. The zero-order valence-electron chi connectivity index (χ0n) is 15.2. The molecule has 5 nitrogen and oxygen atoms in total. The van der Waals surface area contributed by atoms with Crippen LogP contribution < -0.4 is 5.32 Å². The Hall–Kier alpha value is -1.27. The fraction of sp³-hybridized carbons (Fsp3) is 0.474. The summed E-state index contributed by atoms with van der Waals surface area (Å²) < 4.78 is 1.84. The number of nitrogens with zero attached hydrogens (tertiary/aromatic N) is 3. The van der Waals surface area contributed by atoms with E-state index in [-0.39, 0.29) is 18.3 Å². The molecular weight excluding hydrogens is 407 g/mol. The van der Waals surface area contributed by atoms with E-state index in [0.29, 0.717) is 21.8 Å². The second kappa shape index (κ2) is 8.39. The first-order chi connectivity index (χ1) is 12.6. The van der Waals surface area contributed by atoms with Gasteiger partial charge in [-0.05, 0) is 57.4 Å². The lowest BCUT2D eigenvalue weighted by Gasteiger charge is -2.32. The molecule has 1 atom stereocenters. The average Bonchev–Trinajstić information content (AvgIpc) is 3.24. The van der Waals surface area contributed by atoms with Crippen molar-refractivity contribution >= 4 is 41.5 Å². The molecule has 2 heterocycles. The van der Waals surface area contributed by atoms with E-state index in [1.54, 1.807) is 12.1 Å². The molecular formula is C19H23Cl3N4O. The predicted octanol–water partition coefficient (Wildman–Crippen LogP) is 3.91. The fourth-order valence-corrected chi connectivity index (χ4v) is 4.50. The van der Waals surface area contributed by atoms with Crippen LogP contribution in [0.5, 0.6) is 0 Å². The standard InChI is InChI=1S/C19H22Cl2N4O.ClH/c1-22-13-4-3-9-24(11-13)19(26)18-14-5-2-6-16(14)25(23-18)17-8-7-12(20)10-15(17)21;/h7-8,10,13,22H,2-6,9,11H2,1H3;1H. The van der Waals surface area contributed by atoms with Gasteiger partial charge in [-0.2, -0.15) is 5.10 Å². The normalized spacial score (nSPS) is 18.9. The maximum atomic E-state index is 13.2. The molecule has 1 unspecified atom stereocenters. The molecule has 1 fully saturated rings. The molecule has 2 aliphatic rings. The van der Waals surface area contributed by atoms with Crippen molar-refractivity contribution in [2.24, 2.45) is 0 Å². The summed E-state index contributed by atoms with van der Waals surface area (Å²) in [7, 11) is 1.95. The van der Waals surface area contributed by atoms with Gasteiger partial charge in [0, 0.05) is 35.4 Å². The Morgan fingerprint density at radius 2 is 2.07 bits per heavy atom. The van der Waals surface area contributed by atoms with Crippen LogP contribution >= 0.6 is 35.6 Å².